The minimum Gasteiger partial charge on any atom is -0.497 e. The van der Waals surface area contributed by atoms with Gasteiger partial charge in [0, 0.05) is 33.1 Å². The Morgan fingerprint density at radius 3 is 1.07 bits per heavy atom. The monoisotopic (exact) mass is 966 g/mol. The first-order valence-electron chi connectivity index (χ1n) is 22.8. The highest BCUT2D eigenvalue weighted by Gasteiger charge is 2.20. The topological polar surface area (TPSA) is 108 Å². The predicted octanol–water partition coefficient (Wildman–Crippen LogP) is 12.9. The summed E-state index contributed by atoms with van der Waals surface area (Å²) in [5.74, 6) is 4.35. The Labute approximate surface area is 415 Å². The van der Waals surface area contributed by atoms with Crippen molar-refractivity contribution in [3.8, 4) is 46.0 Å². The van der Waals surface area contributed by atoms with E-state index in [1.807, 2.05) is 182 Å². The zero-order valence-corrected chi connectivity index (χ0v) is 40.8. The summed E-state index contributed by atoms with van der Waals surface area (Å²) in [4.78, 5) is 0. The van der Waals surface area contributed by atoms with Crippen molar-refractivity contribution in [3.63, 3.8) is 0 Å². The van der Waals surface area contributed by atoms with Crippen LogP contribution in [0, 0.1) is 0 Å². The Morgan fingerprint density at radius 1 is 0.352 bits per heavy atom. The van der Waals surface area contributed by atoms with Crippen LogP contribution in [0.4, 0.5) is 0 Å². The van der Waals surface area contributed by atoms with E-state index in [4.69, 9.17) is 37.9 Å². The fourth-order valence-corrected chi connectivity index (χ4v) is 9.06. The molecule has 0 aliphatic heterocycles. The van der Waals surface area contributed by atoms with Gasteiger partial charge in [-0.1, -0.05) is 133 Å². The lowest BCUT2D eigenvalue weighted by molar-refractivity contribution is 0.252. The molecule has 0 atom stereocenters. The molecule has 0 radical (unpaired) electrons. The van der Waals surface area contributed by atoms with Gasteiger partial charge in [0.1, 0.15) is 49.4 Å². The molecular weight excluding hydrogens is 913 g/mol. The molecule has 0 unspecified atom stereocenters. The first-order chi connectivity index (χ1) is 34.7. The largest absolute Gasteiger partial charge is 0.497 e. The van der Waals surface area contributed by atoms with Crippen molar-refractivity contribution in [2.24, 2.45) is 0 Å². The van der Waals surface area contributed by atoms with Crippen molar-refractivity contribution in [1.29, 1.82) is 0 Å². The summed E-state index contributed by atoms with van der Waals surface area (Å²) in [5.41, 5.74) is 6.88. The molecule has 0 fully saturated rings. The standard InChI is InChI=1S/C60H54O10S/c1-63-51-27-31-55(65-3)49(33-51)39-69-57-29-25-47(35-59(57)67-37-43-17-9-5-10-18-43)53(45-21-13-7-14-22-45)41-71(61,62)42-54(46-23-15-8-16-24-46)48-26-30-58(60(36-48)68-38-44-19-11-6-12-20-44)70-40-50-34-52(64-2)28-32-56(50)66-4/h5-36,41-42H,37-40H2,1-4H3. The zero-order valence-electron chi connectivity index (χ0n) is 39.9. The van der Waals surface area contributed by atoms with Gasteiger partial charge in [0.05, 0.1) is 28.4 Å². The SMILES string of the molecule is COc1ccc(OC)c(COc2ccc(C(=CS(=O)(=O)C=C(c3ccccc3)c3ccc(OCc4cc(OC)ccc4OC)c(OCc4ccccc4)c3)c3ccccc3)cc2OCc2ccccc2)c1. The molecule has 0 aliphatic rings. The molecular formula is C60H54O10S. The van der Waals surface area contributed by atoms with Crippen LogP contribution in [0.15, 0.2) is 205 Å². The lowest BCUT2D eigenvalue weighted by Crippen LogP contribution is -2.04. The van der Waals surface area contributed by atoms with E-state index in [-0.39, 0.29) is 26.4 Å². The van der Waals surface area contributed by atoms with E-state index in [9.17, 15) is 8.42 Å². The maximum atomic E-state index is 14.9. The molecule has 71 heavy (non-hydrogen) atoms. The second kappa shape index (κ2) is 23.7. The zero-order chi connectivity index (χ0) is 49.4. The molecule has 8 aromatic rings. The van der Waals surface area contributed by atoms with Crippen LogP contribution in [0.1, 0.15) is 44.5 Å². The molecule has 0 saturated carbocycles. The van der Waals surface area contributed by atoms with E-state index in [1.165, 1.54) is 10.8 Å². The summed E-state index contributed by atoms with van der Waals surface area (Å²) >= 11 is 0. The van der Waals surface area contributed by atoms with E-state index in [0.717, 1.165) is 22.3 Å². The highest BCUT2D eigenvalue weighted by Crippen LogP contribution is 2.39. The molecule has 8 aromatic carbocycles. The van der Waals surface area contributed by atoms with Crippen molar-refractivity contribution >= 4 is 21.0 Å². The van der Waals surface area contributed by atoms with Gasteiger partial charge in [0.25, 0.3) is 0 Å². The van der Waals surface area contributed by atoms with Gasteiger partial charge in [-0.25, -0.2) is 8.42 Å². The number of hydrogen-bond acceptors (Lipinski definition) is 10. The van der Waals surface area contributed by atoms with Crippen molar-refractivity contribution in [2.75, 3.05) is 28.4 Å². The molecule has 0 N–H and O–H groups in total. The summed E-state index contributed by atoms with van der Waals surface area (Å²) < 4.78 is 77.8. The van der Waals surface area contributed by atoms with Gasteiger partial charge in [0.15, 0.2) is 32.8 Å². The summed E-state index contributed by atoms with van der Waals surface area (Å²) in [5, 5.41) is 2.60. The third-order valence-electron chi connectivity index (χ3n) is 11.5. The van der Waals surface area contributed by atoms with E-state index in [1.54, 1.807) is 40.6 Å². The molecule has 10 nitrogen and oxygen atoms in total. The van der Waals surface area contributed by atoms with Crippen molar-refractivity contribution in [1.82, 2.24) is 0 Å². The Hall–Kier alpha value is -8.41. The molecule has 0 saturated heterocycles. The molecule has 11 heteroatoms. The van der Waals surface area contributed by atoms with Crippen LogP contribution >= 0.6 is 0 Å². The maximum Gasteiger partial charge on any atom is 0.194 e. The Kier molecular flexibility index (Phi) is 16.4. The molecule has 0 heterocycles. The molecule has 0 bridgehead atoms. The van der Waals surface area contributed by atoms with E-state index < -0.39 is 9.84 Å². The molecule has 8 rings (SSSR count). The first kappa shape index (κ1) is 49.0. The van der Waals surface area contributed by atoms with Gasteiger partial charge in [0.2, 0.25) is 0 Å². The average Bonchev–Trinajstić information content (AvgIpc) is 3.42. The van der Waals surface area contributed by atoms with Gasteiger partial charge in [-0.05, 0) is 94.0 Å². The lowest BCUT2D eigenvalue weighted by atomic mass is 9.99. The molecule has 360 valence electrons. The summed E-state index contributed by atoms with van der Waals surface area (Å²) in [6, 6.07) is 60.3. The Morgan fingerprint density at radius 2 is 0.704 bits per heavy atom. The van der Waals surface area contributed by atoms with E-state index in [2.05, 4.69) is 0 Å². The molecule has 0 spiro atoms. The predicted molar refractivity (Wildman–Crippen MR) is 278 cm³/mol. The molecule has 0 aliphatic carbocycles. The van der Waals surface area contributed by atoms with Crippen molar-refractivity contribution in [3.05, 3.63) is 249 Å². The highest BCUT2D eigenvalue weighted by atomic mass is 32.2. The van der Waals surface area contributed by atoms with Crippen molar-refractivity contribution in [2.45, 2.75) is 26.4 Å². The Balaban J connectivity index is 1.19. The normalized spacial score (nSPS) is 11.6. The lowest BCUT2D eigenvalue weighted by Gasteiger charge is -2.18. The fraction of sp³-hybridized carbons (Fsp3) is 0.133. The average molecular weight is 967 g/mol. The number of rotatable bonds is 22. The summed E-state index contributed by atoms with van der Waals surface area (Å²) in [7, 11) is 2.24. The molecule has 0 amide bonds. The van der Waals surface area contributed by atoms with Crippen molar-refractivity contribution < 1.29 is 46.3 Å². The molecule has 0 aromatic heterocycles. The second-order valence-corrected chi connectivity index (χ2v) is 17.8. The highest BCUT2D eigenvalue weighted by molar-refractivity contribution is 7.97. The fourth-order valence-electron chi connectivity index (χ4n) is 7.79. The number of hydrogen-bond donors (Lipinski definition) is 0. The van der Waals surface area contributed by atoms with E-state index in [0.29, 0.717) is 79.4 Å². The maximum absolute atomic E-state index is 14.9. The second-order valence-electron chi connectivity index (χ2n) is 16.2. The smallest absolute Gasteiger partial charge is 0.194 e. The Bertz CT molecular complexity index is 2980. The van der Waals surface area contributed by atoms with Crippen LogP contribution in [-0.2, 0) is 36.3 Å². The van der Waals surface area contributed by atoms with Crippen LogP contribution < -0.4 is 37.9 Å². The van der Waals surface area contributed by atoms with Crippen LogP contribution in [0.25, 0.3) is 11.1 Å². The summed E-state index contributed by atoms with van der Waals surface area (Å²) in [6.07, 6.45) is 0. The van der Waals surface area contributed by atoms with Crippen LogP contribution in [0.5, 0.6) is 46.0 Å². The number of ether oxygens (including phenoxy) is 8. The van der Waals surface area contributed by atoms with Crippen LogP contribution in [0.2, 0.25) is 0 Å². The third kappa shape index (κ3) is 13.0. The van der Waals surface area contributed by atoms with Gasteiger partial charge in [-0.15, -0.1) is 0 Å². The summed E-state index contributed by atoms with van der Waals surface area (Å²) in [6.45, 7) is 0.775. The number of methoxy groups -OCH3 is 4. The quantitative estimate of drug-likeness (QED) is 0.0651. The first-order valence-corrected chi connectivity index (χ1v) is 24.4. The van der Waals surface area contributed by atoms with Gasteiger partial charge in [-0.3, -0.25) is 0 Å². The van der Waals surface area contributed by atoms with Crippen LogP contribution in [0.3, 0.4) is 0 Å². The minimum absolute atomic E-state index is 0.146. The number of sulfone groups is 1. The van der Waals surface area contributed by atoms with Crippen LogP contribution in [-0.4, -0.2) is 36.9 Å². The van der Waals surface area contributed by atoms with Gasteiger partial charge >= 0.3 is 0 Å². The van der Waals surface area contributed by atoms with Gasteiger partial charge in [-0.2, -0.15) is 0 Å². The van der Waals surface area contributed by atoms with E-state index >= 15 is 0 Å². The minimum atomic E-state index is -4.17. The third-order valence-corrected chi connectivity index (χ3v) is 12.6. The number of benzene rings is 8. The van der Waals surface area contributed by atoms with Gasteiger partial charge < -0.3 is 37.9 Å².